The highest BCUT2D eigenvalue weighted by Crippen LogP contribution is 2.33. The predicted octanol–water partition coefficient (Wildman–Crippen LogP) is 4.90. The normalized spacial score (nSPS) is 14.9. The van der Waals surface area contributed by atoms with Crippen molar-refractivity contribution >= 4 is 16.0 Å². The summed E-state index contributed by atoms with van der Waals surface area (Å²) in [5.74, 6) is 1.30. The zero-order valence-electron chi connectivity index (χ0n) is 22.0. The fourth-order valence-corrected chi connectivity index (χ4v) is 5.81. The number of ether oxygens (including phenoxy) is 1. The van der Waals surface area contributed by atoms with Crippen molar-refractivity contribution in [2.45, 2.75) is 37.5 Å². The molecule has 5 rings (SSSR count). The van der Waals surface area contributed by atoms with E-state index in [4.69, 9.17) is 4.74 Å². The molecule has 4 aromatic rings. The first kappa shape index (κ1) is 25.9. The van der Waals surface area contributed by atoms with Crippen molar-refractivity contribution in [1.29, 1.82) is 0 Å². The van der Waals surface area contributed by atoms with Crippen molar-refractivity contribution in [2.75, 3.05) is 24.9 Å². The highest BCUT2D eigenvalue weighted by molar-refractivity contribution is 7.92. The van der Waals surface area contributed by atoms with Crippen molar-refractivity contribution in [3.8, 4) is 22.9 Å². The second kappa shape index (κ2) is 10.5. The third-order valence-electron chi connectivity index (χ3n) is 6.93. The lowest BCUT2D eigenvalue weighted by molar-refractivity contribution is 0.255. The number of benzene rings is 2. The van der Waals surface area contributed by atoms with Crippen molar-refractivity contribution in [2.24, 2.45) is 7.05 Å². The molecule has 0 bridgehead atoms. The van der Waals surface area contributed by atoms with Gasteiger partial charge in [-0.05, 0) is 81.6 Å². The number of aryl methyl sites for hydroxylation is 3. The minimum atomic E-state index is -3.94. The largest absolute Gasteiger partial charge is 0.439 e. The van der Waals surface area contributed by atoms with E-state index in [1.54, 1.807) is 13.1 Å². The maximum atomic E-state index is 13.0. The number of piperidine rings is 1. The number of nitrogens with zero attached hydrogens (tertiary/aromatic N) is 5. The molecular weight excluding hydrogens is 500 g/mol. The van der Waals surface area contributed by atoms with E-state index in [0.717, 1.165) is 42.6 Å². The molecule has 198 valence electrons. The Kier molecular flexibility index (Phi) is 7.18. The van der Waals surface area contributed by atoms with Crippen LogP contribution in [0, 0.1) is 13.8 Å². The minimum absolute atomic E-state index is 0.0226. The van der Waals surface area contributed by atoms with Crippen molar-refractivity contribution in [1.82, 2.24) is 24.6 Å². The molecule has 38 heavy (non-hydrogen) atoms. The zero-order chi connectivity index (χ0) is 26.9. The lowest BCUT2D eigenvalue weighted by atomic mass is 9.89. The van der Waals surface area contributed by atoms with E-state index in [1.165, 1.54) is 22.6 Å². The quantitative estimate of drug-likeness (QED) is 0.361. The van der Waals surface area contributed by atoms with Crippen LogP contribution >= 0.6 is 0 Å². The van der Waals surface area contributed by atoms with E-state index in [9.17, 15) is 8.42 Å². The van der Waals surface area contributed by atoms with Crippen LogP contribution < -0.4 is 9.46 Å². The molecule has 0 amide bonds. The number of hydrogen-bond donors (Lipinski definition) is 1. The Labute approximate surface area is 223 Å². The van der Waals surface area contributed by atoms with Gasteiger partial charge in [-0.2, -0.15) is 10.1 Å². The van der Waals surface area contributed by atoms with Gasteiger partial charge in [0.15, 0.2) is 0 Å². The first-order valence-electron chi connectivity index (χ1n) is 12.6. The molecule has 0 atom stereocenters. The molecule has 1 saturated heterocycles. The summed E-state index contributed by atoms with van der Waals surface area (Å²) < 4.78 is 36.2. The third-order valence-corrected chi connectivity index (χ3v) is 8.21. The Bertz CT molecular complexity index is 1540. The van der Waals surface area contributed by atoms with E-state index in [2.05, 4.69) is 43.9 Å². The third kappa shape index (κ3) is 5.71. The van der Waals surface area contributed by atoms with Crippen LogP contribution in [-0.4, -0.2) is 53.2 Å². The molecule has 10 heteroatoms. The van der Waals surface area contributed by atoms with E-state index in [0.29, 0.717) is 17.4 Å². The number of sulfonamides is 1. The maximum absolute atomic E-state index is 13.0. The van der Waals surface area contributed by atoms with Gasteiger partial charge in [-0.1, -0.05) is 30.3 Å². The van der Waals surface area contributed by atoms with E-state index < -0.39 is 10.0 Å². The summed E-state index contributed by atoms with van der Waals surface area (Å²) in [6.45, 7) is 6.13. The fraction of sp³-hybridized carbons (Fsp3) is 0.321. The average Bonchev–Trinajstić information content (AvgIpc) is 3.32. The van der Waals surface area contributed by atoms with Crippen LogP contribution in [0.25, 0.3) is 11.3 Å². The molecular formula is C28H32N6O3S. The topological polar surface area (TPSA) is 102 Å². The number of hydrogen-bond acceptors (Lipinski definition) is 7. The summed E-state index contributed by atoms with van der Waals surface area (Å²) in [6, 6.07) is 15.8. The van der Waals surface area contributed by atoms with E-state index >= 15 is 0 Å². The van der Waals surface area contributed by atoms with Gasteiger partial charge < -0.3 is 9.64 Å². The Morgan fingerprint density at radius 3 is 2.37 bits per heavy atom. The molecule has 0 spiro atoms. The predicted molar refractivity (Wildman–Crippen MR) is 147 cm³/mol. The Hall–Kier alpha value is -3.76. The molecule has 2 aromatic heterocycles. The second-order valence-corrected chi connectivity index (χ2v) is 11.6. The lowest BCUT2D eigenvalue weighted by Crippen LogP contribution is -2.29. The first-order chi connectivity index (χ1) is 18.2. The van der Waals surface area contributed by atoms with E-state index in [-0.39, 0.29) is 16.7 Å². The van der Waals surface area contributed by atoms with Crippen molar-refractivity contribution in [3.05, 3.63) is 77.6 Å². The van der Waals surface area contributed by atoms with Gasteiger partial charge in [-0.15, -0.1) is 0 Å². The summed E-state index contributed by atoms with van der Waals surface area (Å²) in [5, 5.41) is 3.97. The molecule has 1 N–H and O–H groups in total. The fourth-order valence-electron chi connectivity index (χ4n) is 4.88. The van der Waals surface area contributed by atoms with Gasteiger partial charge in [0, 0.05) is 24.9 Å². The molecule has 1 fully saturated rings. The van der Waals surface area contributed by atoms with Crippen molar-refractivity contribution in [3.63, 3.8) is 0 Å². The Morgan fingerprint density at radius 2 is 1.68 bits per heavy atom. The van der Waals surface area contributed by atoms with Gasteiger partial charge in [0.2, 0.25) is 11.8 Å². The molecule has 9 nitrogen and oxygen atoms in total. The number of nitrogens with one attached hydrogen (secondary N) is 1. The van der Waals surface area contributed by atoms with Gasteiger partial charge in [0.05, 0.1) is 11.9 Å². The summed E-state index contributed by atoms with van der Waals surface area (Å²) in [7, 11) is -0.138. The number of aromatic nitrogens is 4. The van der Waals surface area contributed by atoms with Crippen LogP contribution in [0.3, 0.4) is 0 Å². The molecule has 1 aliphatic heterocycles. The number of likely N-dealkylation sites (tertiary alicyclic amines) is 1. The van der Waals surface area contributed by atoms with Crippen LogP contribution in [0.5, 0.6) is 11.6 Å². The maximum Gasteiger partial charge on any atom is 0.267 e. The van der Waals surface area contributed by atoms with Gasteiger partial charge in [0.25, 0.3) is 10.0 Å². The standard InChI is InChI=1S/C28H32N6O3S/c1-19-7-5-8-20(2)27(19)25-16-26(31-28(30-25)32-38(35,36)24-17-29-34(4)18-24)37-23-10-6-9-22(15-23)21-11-13-33(3)14-12-21/h5-10,15-18,21H,11-14H2,1-4H3,(H,30,31,32). The molecule has 0 saturated carbocycles. The first-order valence-corrected chi connectivity index (χ1v) is 14.1. The van der Waals surface area contributed by atoms with Gasteiger partial charge in [-0.3, -0.25) is 4.68 Å². The number of anilines is 1. The van der Waals surface area contributed by atoms with Crippen LogP contribution in [0.1, 0.15) is 35.4 Å². The summed E-state index contributed by atoms with van der Waals surface area (Å²) in [4.78, 5) is 11.4. The summed E-state index contributed by atoms with van der Waals surface area (Å²) in [5.41, 5.74) is 4.74. The number of rotatable bonds is 7. The van der Waals surface area contributed by atoms with Gasteiger partial charge in [0.1, 0.15) is 10.6 Å². The molecule has 3 heterocycles. The molecule has 1 aliphatic rings. The Morgan fingerprint density at radius 1 is 0.974 bits per heavy atom. The second-order valence-electron chi connectivity index (χ2n) is 9.89. The lowest BCUT2D eigenvalue weighted by Gasteiger charge is -2.29. The van der Waals surface area contributed by atoms with Gasteiger partial charge in [-0.25, -0.2) is 18.1 Å². The van der Waals surface area contributed by atoms with Crippen LogP contribution in [-0.2, 0) is 17.1 Å². The smallest absolute Gasteiger partial charge is 0.267 e. The van der Waals surface area contributed by atoms with Gasteiger partial charge >= 0.3 is 0 Å². The average molecular weight is 533 g/mol. The van der Waals surface area contributed by atoms with Crippen LogP contribution in [0.4, 0.5) is 5.95 Å². The summed E-state index contributed by atoms with van der Waals surface area (Å²) in [6.07, 6.45) is 4.90. The molecule has 0 unspecified atom stereocenters. The van der Waals surface area contributed by atoms with Crippen LogP contribution in [0.2, 0.25) is 0 Å². The molecule has 0 radical (unpaired) electrons. The highest BCUT2D eigenvalue weighted by Gasteiger charge is 2.21. The van der Waals surface area contributed by atoms with Crippen molar-refractivity contribution < 1.29 is 13.2 Å². The summed E-state index contributed by atoms with van der Waals surface area (Å²) >= 11 is 0. The zero-order valence-corrected chi connectivity index (χ0v) is 22.9. The molecule has 2 aromatic carbocycles. The highest BCUT2D eigenvalue weighted by atomic mass is 32.2. The van der Waals surface area contributed by atoms with Crippen LogP contribution in [0.15, 0.2) is 65.8 Å². The van der Waals surface area contributed by atoms with E-state index in [1.807, 2.05) is 44.2 Å². The SMILES string of the molecule is Cc1cccc(C)c1-c1cc(Oc2cccc(C3CCN(C)CC3)c2)nc(NS(=O)(=O)c2cnn(C)c2)n1. The Balaban J connectivity index is 1.51. The monoisotopic (exact) mass is 532 g/mol. The minimum Gasteiger partial charge on any atom is -0.439 e. The molecule has 0 aliphatic carbocycles.